The number of aryl methyl sites for hydroxylation is 1. The van der Waals surface area contributed by atoms with Crippen molar-refractivity contribution in [2.75, 3.05) is 31.1 Å². The van der Waals surface area contributed by atoms with Crippen LogP contribution in [0.4, 0.5) is 10.6 Å². The van der Waals surface area contributed by atoms with Gasteiger partial charge in [0.15, 0.2) is 17.2 Å². The van der Waals surface area contributed by atoms with Crippen LogP contribution in [0.1, 0.15) is 51.3 Å². The third kappa shape index (κ3) is 5.07. The molecule has 5 rings (SSSR count). The molecule has 0 unspecified atom stereocenters. The Kier molecular flexibility index (Phi) is 6.68. The molecule has 0 radical (unpaired) electrons. The number of aromatic nitrogens is 4. The summed E-state index contributed by atoms with van der Waals surface area (Å²) in [6.07, 6.45) is 5.22. The maximum absolute atomic E-state index is 12.2. The first-order chi connectivity index (χ1) is 17.2. The van der Waals surface area contributed by atoms with E-state index in [9.17, 15) is 4.79 Å². The second-order valence-electron chi connectivity index (χ2n) is 10.6. The van der Waals surface area contributed by atoms with Gasteiger partial charge in [-0.25, -0.2) is 19.3 Å². The molecule has 2 aliphatic rings. The molecule has 1 atom stereocenters. The number of fused-ring (bicyclic) bond motifs is 3. The molecule has 5 heterocycles. The van der Waals surface area contributed by atoms with Crippen LogP contribution >= 0.6 is 11.6 Å². The zero-order chi connectivity index (χ0) is 25.4. The van der Waals surface area contributed by atoms with Crippen molar-refractivity contribution in [1.29, 1.82) is 0 Å². The lowest BCUT2D eigenvalue weighted by Crippen LogP contribution is -2.43. The van der Waals surface area contributed by atoms with Crippen LogP contribution in [0.3, 0.4) is 0 Å². The van der Waals surface area contributed by atoms with E-state index in [0.29, 0.717) is 24.2 Å². The van der Waals surface area contributed by atoms with E-state index in [2.05, 4.69) is 15.2 Å². The van der Waals surface area contributed by atoms with E-state index in [0.717, 1.165) is 78.5 Å². The van der Waals surface area contributed by atoms with Crippen LogP contribution in [-0.4, -0.2) is 57.5 Å². The molecular weight excluding hydrogens is 480 g/mol. The third-order valence-corrected chi connectivity index (χ3v) is 6.75. The average Bonchev–Trinajstić information content (AvgIpc) is 3.17. The Balaban J connectivity index is 1.47. The smallest absolute Gasteiger partial charge is 0.407 e. The van der Waals surface area contributed by atoms with Gasteiger partial charge in [0.1, 0.15) is 10.8 Å². The Morgan fingerprint density at radius 2 is 2.17 bits per heavy atom. The number of alkyl carbamates (subject to hydrolysis) is 1. The van der Waals surface area contributed by atoms with Crippen LogP contribution in [-0.2, 0) is 11.2 Å². The second-order valence-corrected chi connectivity index (χ2v) is 11.0. The second kappa shape index (κ2) is 9.76. The number of pyridine rings is 1. The maximum atomic E-state index is 12.2. The zero-order valence-electron chi connectivity index (χ0n) is 21.3. The summed E-state index contributed by atoms with van der Waals surface area (Å²) < 4.78 is 13.5. The normalized spacial score (nSPS) is 18.0. The molecule has 0 bridgehead atoms. The molecule has 9 nitrogen and oxygen atoms in total. The number of rotatable bonds is 4. The fourth-order valence-electron chi connectivity index (χ4n) is 5.06. The monoisotopic (exact) mass is 512 g/mol. The number of imidazole rings is 1. The molecule has 0 aromatic carbocycles. The number of halogens is 1. The minimum atomic E-state index is -0.513. The number of amides is 1. The predicted molar refractivity (Wildman–Crippen MR) is 139 cm³/mol. The summed E-state index contributed by atoms with van der Waals surface area (Å²) >= 11 is 6.20. The molecule has 1 N–H and O–H groups in total. The number of hydrogen-bond acceptors (Lipinski definition) is 7. The van der Waals surface area contributed by atoms with Crippen molar-refractivity contribution >= 4 is 29.2 Å². The maximum Gasteiger partial charge on any atom is 0.407 e. The van der Waals surface area contributed by atoms with E-state index in [4.69, 9.17) is 31.2 Å². The topological polar surface area (TPSA) is 93.9 Å². The Bertz CT molecular complexity index is 1280. The quantitative estimate of drug-likeness (QED) is 0.501. The van der Waals surface area contributed by atoms with E-state index in [1.54, 1.807) is 6.20 Å². The first-order valence-electron chi connectivity index (χ1n) is 12.6. The standard InChI is InChI=1S/C26H33ClN6O3/c1-16-21(18-9-10-28-20(27)13-18)33-24(30-16)22-19(8-6-12-35-22)23(31-33)32-11-5-7-17(15-32)14-29-25(34)36-26(2,3)4/h9-10,13,17H,5-8,11-12,14-15H2,1-4H3,(H,29,34)/t17-/m0/s1. The highest BCUT2D eigenvalue weighted by molar-refractivity contribution is 6.29. The fraction of sp³-hybridized carbons (Fsp3) is 0.538. The molecule has 10 heteroatoms. The molecule has 3 aromatic heterocycles. The molecule has 1 amide bonds. The van der Waals surface area contributed by atoms with Gasteiger partial charge in [0, 0.05) is 37.0 Å². The SMILES string of the molecule is Cc1nc2c3c(c(N4CCC[C@@H](CNC(=O)OC(C)(C)C)C4)nn2c1-c1ccnc(Cl)c1)CCCO3. The molecule has 0 aliphatic carbocycles. The van der Waals surface area contributed by atoms with Crippen molar-refractivity contribution in [1.82, 2.24) is 24.9 Å². The van der Waals surface area contributed by atoms with Crippen LogP contribution in [0, 0.1) is 12.8 Å². The van der Waals surface area contributed by atoms with Gasteiger partial charge < -0.3 is 19.7 Å². The summed E-state index contributed by atoms with van der Waals surface area (Å²) in [5, 5.41) is 8.51. The summed E-state index contributed by atoms with van der Waals surface area (Å²) in [4.78, 5) is 23.5. The highest BCUT2D eigenvalue weighted by atomic mass is 35.5. The summed E-state index contributed by atoms with van der Waals surface area (Å²) in [6.45, 7) is 10.5. The summed E-state index contributed by atoms with van der Waals surface area (Å²) in [5.74, 6) is 2.04. The lowest BCUT2D eigenvalue weighted by molar-refractivity contribution is 0.0517. The van der Waals surface area contributed by atoms with E-state index in [-0.39, 0.29) is 6.09 Å². The molecular formula is C26H33ClN6O3. The van der Waals surface area contributed by atoms with Crippen molar-refractivity contribution in [3.8, 4) is 17.0 Å². The number of nitrogens with zero attached hydrogens (tertiary/aromatic N) is 5. The molecule has 192 valence electrons. The van der Waals surface area contributed by atoms with Gasteiger partial charge in [0.05, 0.1) is 18.0 Å². The highest BCUT2D eigenvalue weighted by Crippen LogP contribution is 2.39. The van der Waals surface area contributed by atoms with Gasteiger partial charge in [-0.1, -0.05) is 11.6 Å². The van der Waals surface area contributed by atoms with E-state index in [1.807, 2.05) is 44.3 Å². The molecule has 1 saturated heterocycles. The Morgan fingerprint density at radius 3 is 2.94 bits per heavy atom. The number of ether oxygens (including phenoxy) is 2. The zero-order valence-corrected chi connectivity index (χ0v) is 22.1. The van der Waals surface area contributed by atoms with Crippen molar-refractivity contribution < 1.29 is 14.3 Å². The van der Waals surface area contributed by atoms with Crippen LogP contribution in [0.5, 0.6) is 5.75 Å². The van der Waals surface area contributed by atoms with Crippen LogP contribution in [0.25, 0.3) is 16.9 Å². The predicted octanol–water partition coefficient (Wildman–Crippen LogP) is 4.82. The molecule has 0 saturated carbocycles. The van der Waals surface area contributed by atoms with Gasteiger partial charge in [-0.15, -0.1) is 5.10 Å². The first-order valence-corrected chi connectivity index (χ1v) is 13.0. The molecule has 3 aromatic rings. The Hall–Kier alpha value is -3.07. The van der Waals surface area contributed by atoms with Crippen molar-refractivity contribution in [2.24, 2.45) is 5.92 Å². The minimum Gasteiger partial charge on any atom is -0.489 e. The fourth-order valence-corrected chi connectivity index (χ4v) is 5.23. The Labute approximate surface area is 216 Å². The minimum absolute atomic E-state index is 0.298. The van der Waals surface area contributed by atoms with Gasteiger partial charge >= 0.3 is 6.09 Å². The molecule has 2 aliphatic heterocycles. The van der Waals surface area contributed by atoms with Crippen molar-refractivity contribution in [2.45, 2.75) is 59.0 Å². The molecule has 0 spiro atoms. The number of carbonyl (C=O) groups is 1. The Morgan fingerprint density at radius 1 is 1.33 bits per heavy atom. The largest absolute Gasteiger partial charge is 0.489 e. The summed E-state index contributed by atoms with van der Waals surface area (Å²) in [6, 6.07) is 3.75. The lowest BCUT2D eigenvalue weighted by atomic mass is 9.97. The van der Waals surface area contributed by atoms with E-state index >= 15 is 0 Å². The number of nitrogens with one attached hydrogen (secondary N) is 1. The van der Waals surface area contributed by atoms with Gasteiger partial charge in [0.25, 0.3) is 0 Å². The van der Waals surface area contributed by atoms with E-state index < -0.39 is 5.60 Å². The first kappa shape index (κ1) is 24.6. The van der Waals surface area contributed by atoms with Crippen molar-refractivity contribution in [3.05, 3.63) is 34.7 Å². The average molecular weight is 513 g/mol. The molecule has 36 heavy (non-hydrogen) atoms. The van der Waals surface area contributed by atoms with Crippen molar-refractivity contribution in [3.63, 3.8) is 0 Å². The van der Waals surface area contributed by atoms with Gasteiger partial charge in [0.2, 0.25) is 0 Å². The van der Waals surface area contributed by atoms with Gasteiger partial charge in [-0.05, 0) is 71.4 Å². The number of hydrogen-bond donors (Lipinski definition) is 1. The van der Waals surface area contributed by atoms with Gasteiger partial charge in [-0.2, -0.15) is 0 Å². The number of piperidine rings is 1. The number of carbonyl (C=O) groups excluding carboxylic acids is 1. The summed E-state index contributed by atoms with van der Waals surface area (Å²) in [5.41, 5.74) is 3.98. The number of anilines is 1. The van der Waals surface area contributed by atoms with Crippen LogP contribution in [0.2, 0.25) is 5.15 Å². The van der Waals surface area contributed by atoms with Crippen LogP contribution < -0.4 is 15.0 Å². The highest BCUT2D eigenvalue weighted by Gasteiger charge is 2.30. The van der Waals surface area contributed by atoms with Gasteiger partial charge in [-0.3, -0.25) is 0 Å². The van der Waals surface area contributed by atoms with Crippen LogP contribution in [0.15, 0.2) is 18.3 Å². The summed E-state index contributed by atoms with van der Waals surface area (Å²) in [7, 11) is 0. The molecule has 1 fully saturated rings. The third-order valence-electron chi connectivity index (χ3n) is 6.54. The van der Waals surface area contributed by atoms with E-state index in [1.165, 1.54) is 0 Å². The lowest BCUT2D eigenvalue weighted by Gasteiger charge is -2.35.